The van der Waals surface area contributed by atoms with Crippen LogP contribution in [0.15, 0.2) is 48.7 Å². The fourth-order valence-corrected chi connectivity index (χ4v) is 4.59. The zero-order chi connectivity index (χ0) is 26.4. The number of hydrogen-bond donors (Lipinski definition) is 1. The summed E-state index contributed by atoms with van der Waals surface area (Å²) in [5, 5.41) is 2.10. The van der Waals surface area contributed by atoms with Gasteiger partial charge >= 0.3 is 6.18 Å². The highest BCUT2D eigenvalue weighted by atomic mass is 35.5. The van der Waals surface area contributed by atoms with E-state index in [1.807, 2.05) is 0 Å². The van der Waals surface area contributed by atoms with E-state index in [-0.39, 0.29) is 38.7 Å². The van der Waals surface area contributed by atoms with Gasteiger partial charge in [-0.3, -0.25) is 4.98 Å². The fraction of sp³-hybridized carbons (Fsp3) is 0.208. The SMILES string of the molecule is Cc1nc2cc(F)c(-c3ccc(P(C)(C)=O)nc3)nc2c(N[C@@H](c2ccccc2F)C(F)(F)F)c1Cl. The summed E-state index contributed by atoms with van der Waals surface area (Å²) in [5.41, 5.74) is -0.675. The normalized spacial score (nSPS) is 13.1. The molecule has 5 nitrogen and oxygen atoms in total. The lowest BCUT2D eigenvalue weighted by Crippen LogP contribution is -2.29. The van der Waals surface area contributed by atoms with Crippen LogP contribution in [0.25, 0.3) is 22.3 Å². The molecule has 0 unspecified atom stereocenters. The van der Waals surface area contributed by atoms with E-state index in [2.05, 4.69) is 20.3 Å². The summed E-state index contributed by atoms with van der Waals surface area (Å²) in [6.45, 7) is 4.51. The number of pyridine rings is 3. The van der Waals surface area contributed by atoms with Crippen molar-refractivity contribution in [2.75, 3.05) is 18.6 Å². The van der Waals surface area contributed by atoms with Crippen molar-refractivity contribution >= 4 is 40.9 Å². The van der Waals surface area contributed by atoms with Crippen LogP contribution in [0.3, 0.4) is 0 Å². The first-order valence-electron chi connectivity index (χ1n) is 10.5. The van der Waals surface area contributed by atoms with E-state index in [1.165, 1.54) is 50.7 Å². The molecule has 1 aromatic carbocycles. The highest BCUT2D eigenvalue weighted by Crippen LogP contribution is 2.41. The second-order valence-corrected chi connectivity index (χ2v) is 12.0. The minimum absolute atomic E-state index is 0.0497. The Hall–Kier alpha value is -3.10. The third-order valence-corrected chi connectivity index (χ3v) is 7.25. The number of nitrogens with one attached hydrogen (secondary N) is 1. The zero-order valence-electron chi connectivity index (χ0n) is 19.2. The summed E-state index contributed by atoms with van der Waals surface area (Å²) in [5.74, 6) is -1.86. The van der Waals surface area contributed by atoms with E-state index in [4.69, 9.17) is 11.6 Å². The zero-order valence-corrected chi connectivity index (χ0v) is 20.8. The van der Waals surface area contributed by atoms with E-state index in [0.29, 0.717) is 5.44 Å². The molecule has 0 radical (unpaired) electrons. The maximum absolute atomic E-state index is 15.0. The topological polar surface area (TPSA) is 67.8 Å². The van der Waals surface area contributed by atoms with Gasteiger partial charge in [-0.2, -0.15) is 13.2 Å². The quantitative estimate of drug-likeness (QED) is 0.220. The molecule has 0 aliphatic rings. The van der Waals surface area contributed by atoms with Crippen LogP contribution in [0.1, 0.15) is 17.3 Å². The van der Waals surface area contributed by atoms with Gasteiger partial charge in [-0.1, -0.05) is 29.8 Å². The van der Waals surface area contributed by atoms with Crippen molar-refractivity contribution in [2.45, 2.75) is 19.1 Å². The van der Waals surface area contributed by atoms with Gasteiger partial charge in [0, 0.05) is 23.4 Å². The van der Waals surface area contributed by atoms with Crippen molar-refractivity contribution in [3.05, 3.63) is 76.6 Å². The molecule has 1 atom stereocenters. The number of aromatic nitrogens is 3. The third-order valence-electron chi connectivity index (χ3n) is 5.42. The van der Waals surface area contributed by atoms with E-state index < -0.39 is 36.6 Å². The van der Waals surface area contributed by atoms with Crippen LogP contribution >= 0.6 is 18.7 Å². The van der Waals surface area contributed by atoms with Crippen LogP contribution in [-0.4, -0.2) is 34.5 Å². The first kappa shape index (κ1) is 26.0. The molecule has 0 fully saturated rings. The smallest absolute Gasteiger partial charge is 0.367 e. The van der Waals surface area contributed by atoms with E-state index in [9.17, 15) is 22.1 Å². The van der Waals surface area contributed by atoms with Gasteiger partial charge in [0.05, 0.1) is 27.4 Å². The molecule has 3 aromatic heterocycles. The van der Waals surface area contributed by atoms with Gasteiger partial charge in [0.2, 0.25) is 0 Å². The number of halogens is 6. The van der Waals surface area contributed by atoms with Gasteiger partial charge in [0.15, 0.2) is 11.9 Å². The number of fused-ring (bicyclic) bond motifs is 1. The van der Waals surface area contributed by atoms with Gasteiger partial charge in [-0.15, -0.1) is 0 Å². The van der Waals surface area contributed by atoms with E-state index >= 15 is 4.39 Å². The van der Waals surface area contributed by atoms with E-state index in [1.54, 1.807) is 0 Å². The van der Waals surface area contributed by atoms with Gasteiger partial charge in [0.1, 0.15) is 24.2 Å². The molecule has 0 saturated heterocycles. The summed E-state index contributed by atoms with van der Waals surface area (Å²) in [4.78, 5) is 12.5. The minimum atomic E-state index is -4.91. The largest absolute Gasteiger partial charge is 0.412 e. The van der Waals surface area contributed by atoms with Crippen molar-refractivity contribution in [3.63, 3.8) is 0 Å². The van der Waals surface area contributed by atoms with Crippen molar-refractivity contribution in [3.8, 4) is 11.3 Å². The van der Waals surface area contributed by atoms with Gasteiger partial charge in [-0.25, -0.2) is 18.7 Å². The number of anilines is 1. The maximum atomic E-state index is 15.0. The summed E-state index contributed by atoms with van der Waals surface area (Å²) in [6.07, 6.45) is -3.63. The maximum Gasteiger partial charge on any atom is 0.412 e. The molecule has 0 amide bonds. The van der Waals surface area contributed by atoms with Crippen LogP contribution in [0, 0.1) is 18.6 Å². The van der Waals surface area contributed by atoms with Gasteiger partial charge in [0.25, 0.3) is 0 Å². The van der Waals surface area contributed by atoms with Crippen LogP contribution in [0.4, 0.5) is 27.6 Å². The Morgan fingerprint density at radius 2 is 1.72 bits per heavy atom. The number of nitrogens with zero attached hydrogens (tertiary/aromatic N) is 3. The summed E-state index contributed by atoms with van der Waals surface area (Å²) < 4.78 is 83.7. The monoisotopic (exact) mass is 540 g/mol. The lowest BCUT2D eigenvalue weighted by atomic mass is 10.0. The van der Waals surface area contributed by atoms with Crippen LogP contribution in [0.2, 0.25) is 5.02 Å². The molecule has 188 valence electrons. The molecule has 3 heterocycles. The predicted octanol–water partition coefficient (Wildman–Crippen LogP) is 6.90. The fourth-order valence-electron chi connectivity index (χ4n) is 3.63. The number of rotatable bonds is 5. The molecular formula is C24H19ClF5N4OP. The average molecular weight is 541 g/mol. The van der Waals surface area contributed by atoms with Crippen molar-refractivity contribution in [1.29, 1.82) is 0 Å². The van der Waals surface area contributed by atoms with Crippen LogP contribution in [-0.2, 0) is 4.57 Å². The van der Waals surface area contributed by atoms with Crippen LogP contribution < -0.4 is 10.8 Å². The van der Waals surface area contributed by atoms with Crippen molar-refractivity contribution in [1.82, 2.24) is 15.0 Å². The summed E-state index contributed by atoms with van der Waals surface area (Å²) in [6, 6.07) is 5.97. The standard InChI is InChI=1S/C24H19ClF5N4OP/c1-12-19(25)22(34-23(24(28,29)30)14-6-4-5-7-15(14)26)21-17(32-12)10-16(27)20(33-21)13-8-9-18(31-11-13)36(2,3)35/h4-11,23H,1-3H3,(H,32,34)/t23-/m0/s1. The lowest BCUT2D eigenvalue weighted by molar-refractivity contribution is -0.144. The Balaban J connectivity index is 1.90. The minimum Gasteiger partial charge on any atom is -0.367 e. The molecular weight excluding hydrogens is 522 g/mol. The van der Waals surface area contributed by atoms with Gasteiger partial charge in [-0.05, 0) is 38.5 Å². The number of aryl methyl sites for hydroxylation is 1. The highest BCUT2D eigenvalue weighted by molar-refractivity contribution is 7.69. The summed E-state index contributed by atoms with van der Waals surface area (Å²) >= 11 is 6.34. The molecule has 4 aromatic rings. The average Bonchev–Trinajstić information content (AvgIpc) is 2.79. The first-order valence-corrected chi connectivity index (χ1v) is 13.5. The molecule has 4 rings (SSSR count). The predicted molar refractivity (Wildman–Crippen MR) is 130 cm³/mol. The third kappa shape index (κ3) is 5.06. The second-order valence-electron chi connectivity index (χ2n) is 8.47. The van der Waals surface area contributed by atoms with Gasteiger partial charge < -0.3 is 9.88 Å². The van der Waals surface area contributed by atoms with Crippen molar-refractivity contribution in [2.24, 2.45) is 0 Å². The molecule has 0 bridgehead atoms. The number of benzene rings is 1. The molecule has 12 heteroatoms. The second kappa shape index (κ2) is 9.41. The lowest BCUT2D eigenvalue weighted by Gasteiger charge is -2.25. The molecule has 0 spiro atoms. The number of hydrogen-bond acceptors (Lipinski definition) is 5. The summed E-state index contributed by atoms with van der Waals surface area (Å²) in [7, 11) is -2.67. The Morgan fingerprint density at radius 1 is 1.03 bits per heavy atom. The Bertz CT molecular complexity index is 1510. The molecule has 0 saturated carbocycles. The molecule has 0 aliphatic heterocycles. The highest BCUT2D eigenvalue weighted by Gasteiger charge is 2.43. The Labute approximate surface area is 208 Å². The van der Waals surface area contributed by atoms with Crippen LogP contribution in [0.5, 0.6) is 0 Å². The molecule has 0 aliphatic carbocycles. The number of alkyl halides is 3. The first-order chi connectivity index (χ1) is 16.8. The van der Waals surface area contributed by atoms with E-state index in [0.717, 1.165) is 18.2 Å². The Morgan fingerprint density at radius 3 is 2.31 bits per heavy atom. The molecule has 36 heavy (non-hydrogen) atoms. The Kier molecular flexibility index (Phi) is 6.79. The van der Waals surface area contributed by atoms with Crippen molar-refractivity contribution < 1.29 is 26.5 Å². The molecule has 1 N–H and O–H groups in total.